The molecule has 6 nitrogen and oxygen atoms in total. The zero-order valence-corrected chi connectivity index (χ0v) is 12.6. The predicted octanol–water partition coefficient (Wildman–Crippen LogP) is 1.52. The Morgan fingerprint density at radius 3 is 2.32 bits per heavy atom. The quantitative estimate of drug-likeness (QED) is 0.586. The first-order chi connectivity index (χ1) is 8.69. The molecule has 0 radical (unpaired) electrons. The molecule has 0 aromatic carbocycles. The third-order valence-corrected chi connectivity index (χ3v) is 2.45. The van der Waals surface area contributed by atoms with Gasteiger partial charge in [0.2, 0.25) is 0 Å². The van der Waals surface area contributed by atoms with Crippen molar-refractivity contribution in [1.82, 2.24) is 4.90 Å². The molecule has 0 bridgehead atoms. The zero-order valence-electron chi connectivity index (χ0n) is 12.6. The number of nitrogens with two attached hydrogens (primary N) is 1. The predicted molar refractivity (Wildman–Crippen MR) is 72.7 cm³/mol. The fraction of sp³-hybridized carbons (Fsp3) is 0.846. The Labute approximate surface area is 115 Å². The Balaban J connectivity index is 4.20. The molecule has 0 aliphatic carbocycles. The fourth-order valence-electron chi connectivity index (χ4n) is 1.19. The van der Waals surface area contributed by atoms with E-state index in [-0.39, 0.29) is 0 Å². The van der Waals surface area contributed by atoms with Crippen molar-refractivity contribution in [2.45, 2.75) is 52.2 Å². The molecule has 0 aromatic heterocycles. The maximum atomic E-state index is 11.8. The summed E-state index contributed by atoms with van der Waals surface area (Å²) in [7, 11) is 1.51. The lowest BCUT2D eigenvalue weighted by Crippen LogP contribution is -2.43. The van der Waals surface area contributed by atoms with Gasteiger partial charge in [-0.15, -0.1) is 0 Å². The smallest absolute Gasteiger partial charge is 0.410 e. The van der Waals surface area contributed by atoms with Gasteiger partial charge in [-0.1, -0.05) is 0 Å². The van der Waals surface area contributed by atoms with Gasteiger partial charge in [-0.2, -0.15) is 0 Å². The van der Waals surface area contributed by atoms with Crippen molar-refractivity contribution in [2.75, 3.05) is 20.2 Å². The second kappa shape index (κ2) is 7.99. The van der Waals surface area contributed by atoms with Gasteiger partial charge in [-0.25, -0.2) is 9.59 Å². The first-order valence-electron chi connectivity index (χ1n) is 6.51. The first kappa shape index (κ1) is 17.7. The lowest BCUT2D eigenvalue weighted by atomic mass is 10.2. The molecule has 6 heteroatoms. The molecular formula is C13H26N2O4. The lowest BCUT2D eigenvalue weighted by Gasteiger charge is -2.27. The number of ether oxygens (including phenoxy) is 2. The van der Waals surface area contributed by atoms with Gasteiger partial charge < -0.3 is 15.2 Å². The van der Waals surface area contributed by atoms with Gasteiger partial charge in [0.05, 0.1) is 6.61 Å². The molecule has 0 heterocycles. The van der Waals surface area contributed by atoms with Crippen LogP contribution in [0.1, 0.15) is 40.5 Å². The number of hydrogen-bond donors (Lipinski definition) is 1. The number of likely N-dealkylation sites (N-methyl/N-ethyl adjacent to an activating group) is 1. The average molecular weight is 274 g/mol. The summed E-state index contributed by atoms with van der Waals surface area (Å²) in [6.07, 6.45) is 0.994. The molecule has 0 spiro atoms. The van der Waals surface area contributed by atoms with Gasteiger partial charge in [0.25, 0.3) is 0 Å². The van der Waals surface area contributed by atoms with Gasteiger partial charge in [-0.3, -0.25) is 4.90 Å². The molecule has 112 valence electrons. The molecule has 0 aromatic rings. The highest BCUT2D eigenvalue weighted by molar-refractivity contribution is 5.80. The second-order valence-corrected chi connectivity index (χ2v) is 5.43. The molecule has 19 heavy (non-hydrogen) atoms. The van der Waals surface area contributed by atoms with Crippen LogP contribution in [-0.2, 0) is 14.3 Å². The van der Waals surface area contributed by atoms with Gasteiger partial charge >= 0.3 is 12.1 Å². The van der Waals surface area contributed by atoms with Crippen LogP contribution in [-0.4, -0.2) is 48.8 Å². The number of esters is 1. The van der Waals surface area contributed by atoms with Crippen LogP contribution in [0.25, 0.3) is 0 Å². The van der Waals surface area contributed by atoms with E-state index >= 15 is 0 Å². The standard InChI is InChI=1S/C13H26N2O4/c1-10(11(16)18-9-7-6-8-14)15(5)12(17)19-13(2,3)4/h10H,6-9,14H2,1-5H3/t10-/m0/s1. The Kier molecular flexibility index (Phi) is 7.44. The van der Waals surface area contributed by atoms with Crippen molar-refractivity contribution < 1.29 is 19.1 Å². The van der Waals surface area contributed by atoms with E-state index in [2.05, 4.69) is 0 Å². The number of rotatable bonds is 6. The van der Waals surface area contributed by atoms with E-state index in [4.69, 9.17) is 15.2 Å². The highest BCUT2D eigenvalue weighted by atomic mass is 16.6. The normalized spacial score (nSPS) is 12.7. The summed E-state index contributed by atoms with van der Waals surface area (Å²) in [4.78, 5) is 24.7. The average Bonchev–Trinajstić information content (AvgIpc) is 2.30. The van der Waals surface area contributed by atoms with Gasteiger partial charge in [-0.05, 0) is 47.1 Å². The van der Waals surface area contributed by atoms with Crippen molar-refractivity contribution in [1.29, 1.82) is 0 Å². The highest BCUT2D eigenvalue weighted by Crippen LogP contribution is 2.11. The summed E-state index contributed by atoms with van der Waals surface area (Å²) >= 11 is 0. The summed E-state index contributed by atoms with van der Waals surface area (Å²) in [6.45, 7) is 7.82. The van der Waals surface area contributed by atoms with E-state index in [1.54, 1.807) is 27.7 Å². The van der Waals surface area contributed by atoms with E-state index in [1.165, 1.54) is 11.9 Å². The van der Waals surface area contributed by atoms with Gasteiger partial charge in [0, 0.05) is 7.05 Å². The first-order valence-corrected chi connectivity index (χ1v) is 6.51. The lowest BCUT2D eigenvalue weighted by molar-refractivity contribution is -0.148. The van der Waals surface area contributed by atoms with Gasteiger partial charge in [0.1, 0.15) is 11.6 Å². The number of hydrogen-bond acceptors (Lipinski definition) is 5. The van der Waals surface area contributed by atoms with E-state index in [9.17, 15) is 9.59 Å². The fourth-order valence-corrected chi connectivity index (χ4v) is 1.19. The summed E-state index contributed by atoms with van der Waals surface area (Å²) in [6, 6.07) is -0.673. The topological polar surface area (TPSA) is 81.9 Å². The van der Waals surface area contributed by atoms with Crippen LogP contribution in [0.2, 0.25) is 0 Å². The van der Waals surface area contributed by atoms with Crippen LogP contribution in [0.3, 0.4) is 0 Å². The summed E-state index contributed by atoms with van der Waals surface area (Å²) in [5, 5.41) is 0. The van der Waals surface area contributed by atoms with Crippen molar-refractivity contribution >= 4 is 12.1 Å². The van der Waals surface area contributed by atoms with E-state index in [0.29, 0.717) is 13.2 Å². The second-order valence-electron chi connectivity index (χ2n) is 5.43. The summed E-state index contributed by atoms with van der Waals surface area (Å²) in [5.41, 5.74) is 4.75. The van der Waals surface area contributed by atoms with Crippen LogP contribution < -0.4 is 5.73 Å². The highest BCUT2D eigenvalue weighted by Gasteiger charge is 2.27. The van der Waals surface area contributed by atoms with Gasteiger partial charge in [0.15, 0.2) is 0 Å². The number of nitrogens with zero attached hydrogens (tertiary/aromatic N) is 1. The van der Waals surface area contributed by atoms with Crippen molar-refractivity contribution in [3.63, 3.8) is 0 Å². The molecule has 0 unspecified atom stereocenters. The molecule has 0 aliphatic rings. The molecule has 0 rings (SSSR count). The van der Waals surface area contributed by atoms with Crippen LogP contribution in [0.5, 0.6) is 0 Å². The molecule has 1 amide bonds. The minimum atomic E-state index is -0.673. The molecule has 0 fully saturated rings. The summed E-state index contributed by atoms with van der Waals surface area (Å²) in [5.74, 6) is -0.439. The van der Waals surface area contributed by atoms with Crippen LogP contribution in [0.15, 0.2) is 0 Å². The number of carbonyl (C=O) groups excluding carboxylic acids is 2. The maximum absolute atomic E-state index is 11.8. The van der Waals surface area contributed by atoms with Crippen LogP contribution in [0, 0.1) is 0 Å². The minimum Gasteiger partial charge on any atom is -0.464 e. The van der Waals surface area contributed by atoms with Crippen molar-refractivity contribution in [3.05, 3.63) is 0 Å². The van der Waals surface area contributed by atoms with Crippen LogP contribution >= 0.6 is 0 Å². The molecule has 0 aliphatic heterocycles. The monoisotopic (exact) mass is 274 g/mol. The Morgan fingerprint density at radius 2 is 1.84 bits per heavy atom. The SMILES string of the molecule is C[C@@H](C(=O)OCCCCN)N(C)C(=O)OC(C)(C)C. The largest absolute Gasteiger partial charge is 0.464 e. The maximum Gasteiger partial charge on any atom is 0.410 e. The molecule has 2 N–H and O–H groups in total. The van der Waals surface area contributed by atoms with Crippen LogP contribution in [0.4, 0.5) is 4.79 Å². The number of unbranched alkanes of at least 4 members (excludes halogenated alkanes) is 1. The van der Waals surface area contributed by atoms with E-state index in [0.717, 1.165) is 12.8 Å². The Bertz CT molecular complexity index is 300. The molecular weight excluding hydrogens is 248 g/mol. The van der Waals surface area contributed by atoms with Crippen molar-refractivity contribution in [2.24, 2.45) is 5.73 Å². The van der Waals surface area contributed by atoms with E-state index < -0.39 is 23.7 Å². The number of carbonyl (C=O) groups is 2. The molecule has 0 saturated carbocycles. The minimum absolute atomic E-state index is 0.322. The number of amides is 1. The molecule has 0 saturated heterocycles. The third-order valence-electron chi connectivity index (χ3n) is 2.45. The van der Waals surface area contributed by atoms with Crippen molar-refractivity contribution in [3.8, 4) is 0 Å². The van der Waals surface area contributed by atoms with E-state index in [1.807, 2.05) is 0 Å². The third kappa shape index (κ3) is 7.66. The summed E-state index contributed by atoms with van der Waals surface area (Å²) < 4.78 is 10.2. The Morgan fingerprint density at radius 1 is 1.26 bits per heavy atom. The molecule has 1 atom stereocenters. The Hall–Kier alpha value is -1.30. The zero-order chi connectivity index (χ0) is 15.1.